The van der Waals surface area contributed by atoms with Crippen LogP contribution in [0.1, 0.15) is 38.2 Å². The SMILES string of the molecule is CCc1ccc(NC2CCC(O)CC2)cc1[N+](=O)[O-]. The van der Waals surface area contributed by atoms with Gasteiger partial charge in [0, 0.05) is 23.4 Å². The van der Waals surface area contributed by atoms with Crippen molar-refractivity contribution in [1.29, 1.82) is 0 Å². The van der Waals surface area contributed by atoms with Gasteiger partial charge in [-0.25, -0.2) is 0 Å². The monoisotopic (exact) mass is 264 g/mol. The van der Waals surface area contributed by atoms with Crippen molar-refractivity contribution in [2.45, 2.75) is 51.2 Å². The van der Waals surface area contributed by atoms with Crippen LogP contribution < -0.4 is 5.32 Å². The van der Waals surface area contributed by atoms with E-state index in [1.165, 1.54) is 0 Å². The van der Waals surface area contributed by atoms with Crippen molar-refractivity contribution >= 4 is 11.4 Å². The molecular weight excluding hydrogens is 244 g/mol. The molecule has 0 amide bonds. The molecule has 1 fully saturated rings. The maximum Gasteiger partial charge on any atom is 0.274 e. The Balaban J connectivity index is 2.08. The summed E-state index contributed by atoms with van der Waals surface area (Å²) in [5.41, 5.74) is 1.74. The molecule has 1 aromatic carbocycles. The largest absolute Gasteiger partial charge is 0.393 e. The van der Waals surface area contributed by atoms with E-state index >= 15 is 0 Å². The van der Waals surface area contributed by atoms with Crippen molar-refractivity contribution in [3.63, 3.8) is 0 Å². The summed E-state index contributed by atoms with van der Waals surface area (Å²) in [5.74, 6) is 0. The van der Waals surface area contributed by atoms with Gasteiger partial charge in [-0.3, -0.25) is 10.1 Å². The fraction of sp³-hybridized carbons (Fsp3) is 0.571. The van der Waals surface area contributed by atoms with Crippen LogP contribution in [0.3, 0.4) is 0 Å². The van der Waals surface area contributed by atoms with Gasteiger partial charge in [0.05, 0.1) is 11.0 Å². The van der Waals surface area contributed by atoms with Crippen molar-refractivity contribution in [2.75, 3.05) is 5.32 Å². The third-order valence-corrected chi connectivity index (χ3v) is 3.73. The summed E-state index contributed by atoms with van der Waals surface area (Å²) in [4.78, 5) is 10.7. The van der Waals surface area contributed by atoms with Crippen LogP contribution in [0.5, 0.6) is 0 Å². The van der Waals surface area contributed by atoms with Gasteiger partial charge in [-0.2, -0.15) is 0 Å². The van der Waals surface area contributed by atoms with Crippen LogP contribution in [0.4, 0.5) is 11.4 Å². The molecular formula is C14H20N2O3. The Kier molecular flexibility index (Phi) is 4.37. The van der Waals surface area contributed by atoms with E-state index in [1.807, 2.05) is 19.1 Å². The Labute approximate surface area is 112 Å². The van der Waals surface area contributed by atoms with E-state index in [0.29, 0.717) is 12.5 Å². The molecule has 104 valence electrons. The van der Waals surface area contributed by atoms with Crippen LogP contribution in [0, 0.1) is 10.1 Å². The minimum atomic E-state index is -0.325. The minimum Gasteiger partial charge on any atom is -0.393 e. The first-order valence-electron chi connectivity index (χ1n) is 6.82. The van der Waals surface area contributed by atoms with Crippen LogP contribution >= 0.6 is 0 Å². The van der Waals surface area contributed by atoms with Crippen LogP contribution in [-0.2, 0) is 6.42 Å². The normalized spacial score (nSPS) is 23.1. The molecule has 1 aliphatic carbocycles. The van der Waals surface area contributed by atoms with Gasteiger partial charge >= 0.3 is 0 Å². The Hall–Kier alpha value is -1.62. The number of anilines is 1. The summed E-state index contributed by atoms with van der Waals surface area (Å²) >= 11 is 0. The highest BCUT2D eigenvalue weighted by molar-refractivity contribution is 5.55. The molecule has 0 unspecified atom stereocenters. The topological polar surface area (TPSA) is 75.4 Å². The molecule has 1 saturated carbocycles. The molecule has 0 bridgehead atoms. The van der Waals surface area contributed by atoms with Gasteiger partial charge in [0.2, 0.25) is 0 Å². The number of hydrogen-bond donors (Lipinski definition) is 2. The van der Waals surface area contributed by atoms with Gasteiger partial charge in [-0.15, -0.1) is 0 Å². The molecule has 0 aliphatic heterocycles. The standard InChI is InChI=1S/C14H20N2O3/c1-2-10-3-4-12(9-14(10)16(18)19)15-11-5-7-13(17)8-6-11/h3-4,9,11,13,15,17H,2,5-8H2,1H3. The van der Waals surface area contributed by atoms with E-state index in [-0.39, 0.29) is 16.7 Å². The number of nitrogens with one attached hydrogen (secondary N) is 1. The van der Waals surface area contributed by atoms with Gasteiger partial charge in [0.15, 0.2) is 0 Å². The van der Waals surface area contributed by atoms with E-state index in [2.05, 4.69) is 5.32 Å². The molecule has 0 radical (unpaired) electrons. The lowest BCUT2D eigenvalue weighted by molar-refractivity contribution is -0.385. The average Bonchev–Trinajstić information content (AvgIpc) is 2.41. The van der Waals surface area contributed by atoms with Crippen molar-refractivity contribution in [3.05, 3.63) is 33.9 Å². The summed E-state index contributed by atoms with van der Waals surface area (Å²) < 4.78 is 0. The average molecular weight is 264 g/mol. The number of nitrogens with zero attached hydrogens (tertiary/aromatic N) is 1. The van der Waals surface area contributed by atoms with Crippen LogP contribution in [0.25, 0.3) is 0 Å². The van der Waals surface area contributed by atoms with Gasteiger partial charge in [0.25, 0.3) is 5.69 Å². The van der Waals surface area contributed by atoms with Crippen molar-refractivity contribution in [3.8, 4) is 0 Å². The van der Waals surface area contributed by atoms with Gasteiger partial charge in [-0.05, 0) is 38.2 Å². The zero-order valence-corrected chi connectivity index (χ0v) is 11.1. The second-order valence-corrected chi connectivity index (χ2v) is 5.10. The zero-order valence-electron chi connectivity index (χ0n) is 11.1. The second-order valence-electron chi connectivity index (χ2n) is 5.10. The molecule has 0 saturated heterocycles. The van der Waals surface area contributed by atoms with E-state index < -0.39 is 0 Å². The summed E-state index contributed by atoms with van der Waals surface area (Å²) in [7, 11) is 0. The van der Waals surface area contributed by atoms with Crippen molar-refractivity contribution in [2.24, 2.45) is 0 Å². The van der Waals surface area contributed by atoms with Crippen LogP contribution in [-0.4, -0.2) is 22.2 Å². The summed E-state index contributed by atoms with van der Waals surface area (Å²) in [5, 5.41) is 23.8. The number of rotatable bonds is 4. The van der Waals surface area contributed by atoms with E-state index in [4.69, 9.17) is 0 Å². The molecule has 5 heteroatoms. The Bertz CT molecular complexity index is 454. The van der Waals surface area contributed by atoms with E-state index in [9.17, 15) is 15.2 Å². The molecule has 2 N–H and O–H groups in total. The van der Waals surface area contributed by atoms with E-state index in [0.717, 1.165) is 36.9 Å². The lowest BCUT2D eigenvalue weighted by atomic mass is 9.93. The number of benzene rings is 1. The first-order chi connectivity index (χ1) is 9.10. The molecule has 0 aromatic heterocycles. The number of hydrogen-bond acceptors (Lipinski definition) is 4. The van der Waals surface area contributed by atoms with Crippen molar-refractivity contribution < 1.29 is 10.0 Å². The number of aliphatic hydroxyl groups excluding tert-OH is 1. The lowest BCUT2D eigenvalue weighted by Gasteiger charge is -2.27. The predicted octanol–water partition coefficient (Wildman–Crippen LogP) is 2.87. The Morgan fingerprint density at radius 1 is 1.37 bits per heavy atom. The van der Waals surface area contributed by atoms with Crippen LogP contribution in [0.15, 0.2) is 18.2 Å². The third kappa shape index (κ3) is 3.44. The minimum absolute atomic E-state index is 0.184. The molecule has 1 aliphatic rings. The number of aryl methyl sites for hydroxylation is 1. The quantitative estimate of drug-likeness (QED) is 0.647. The molecule has 0 heterocycles. The predicted molar refractivity (Wildman–Crippen MR) is 74.4 cm³/mol. The Morgan fingerprint density at radius 3 is 2.63 bits per heavy atom. The maximum atomic E-state index is 11.0. The highest BCUT2D eigenvalue weighted by Gasteiger charge is 2.20. The highest BCUT2D eigenvalue weighted by Crippen LogP contribution is 2.27. The third-order valence-electron chi connectivity index (χ3n) is 3.73. The fourth-order valence-corrected chi connectivity index (χ4v) is 2.58. The highest BCUT2D eigenvalue weighted by atomic mass is 16.6. The summed E-state index contributed by atoms with van der Waals surface area (Å²) in [6.07, 6.45) is 3.88. The van der Waals surface area contributed by atoms with E-state index in [1.54, 1.807) is 6.07 Å². The molecule has 2 rings (SSSR count). The van der Waals surface area contributed by atoms with Gasteiger partial charge in [-0.1, -0.05) is 13.0 Å². The van der Waals surface area contributed by atoms with Gasteiger partial charge < -0.3 is 10.4 Å². The molecule has 19 heavy (non-hydrogen) atoms. The molecule has 0 spiro atoms. The van der Waals surface area contributed by atoms with Gasteiger partial charge in [0.1, 0.15) is 0 Å². The first-order valence-corrected chi connectivity index (χ1v) is 6.82. The number of nitro benzene ring substituents is 1. The Morgan fingerprint density at radius 2 is 2.05 bits per heavy atom. The molecule has 5 nitrogen and oxygen atoms in total. The number of nitro groups is 1. The number of aliphatic hydroxyl groups is 1. The molecule has 0 atom stereocenters. The fourth-order valence-electron chi connectivity index (χ4n) is 2.58. The maximum absolute atomic E-state index is 11.0. The first kappa shape index (κ1) is 13.8. The van der Waals surface area contributed by atoms with Crippen LogP contribution in [0.2, 0.25) is 0 Å². The van der Waals surface area contributed by atoms with Crippen molar-refractivity contribution in [1.82, 2.24) is 0 Å². The summed E-state index contributed by atoms with van der Waals surface area (Å²) in [6, 6.07) is 5.63. The lowest BCUT2D eigenvalue weighted by Crippen LogP contribution is -2.28. The second kappa shape index (κ2) is 6.02. The zero-order chi connectivity index (χ0) is 13.8. The molecule has 1 aromatic rings. The summed E-state index contributed by atoms with van der Waals surface area (Å²) in [6.45, 7) is 1.91. The smallest absolute Gasteiger partial charge is 0.274 e.